The predicted octanol–water partition coefficient (Wildman–Crippen LogP) is 2.89. The summed E-state index contributed by atoms with van der Waals surface area (Å²) in [5.41, 5.74) is 1.26. The lowest BCUT2D eigenvalue weighted by Crippen LogP contribution is -2.19. The van der Waals surface area contributed by atoms with Crippen LogP contribution in [-0.4, -0.2) is 6.54 Å². The van der Waals surface area contributed by atoms with E-state index in [1.54, 1.807) is 0 Å². The molecule has 0 bridgehead atoms. The van der Waals surface area contributed by atoms with Gasteiger partial charge in [0.15, 0.2) is 0 Å². The Kier molecular flexibility index (Phi) is 6.43. The van der Waals surface area contributed by atoms with Crippen LogP contribution in [0.25, 0.3) is 0 Å². The Balaban J connectivity index is 0.00000169. The average molecular weight is 190 g/mol. The minimum absolute atomic E-state index is 0. The minimum atomic E-state index is 0. The molecule has 0 radical (unpaired) electrons. The van der Waals surface area contributed by atoms with Crippen molar-refractivity contribution in [3.8, 4) is 6.07 Å². The molecule has 2 heteroatoms. The lowest BCUT2D eigenvalue weighted by atomic mass is 10.1. The lowest BCUT2D eigenvalue weighted by Gasteiger charge is -2.12. The van der Waals surface area contributed by atoms with Crippen molar-refractivity contribution in [1.82, 2.24) is 5.32 Å². The van der Waals surface area contributed by atoms with Crippen molar-refractivity contribution in [3.63, 3.8) is 0 Å². The van der Waals surface area contributed by atoms with Crippen molar-refractivity contribution < 1.29 is 0 Å². The Hall–Kier alpha value is -1.33. The topological polar surface area (TPSA) is 35.8 Å². The first-order chi connectivity index (χ1) is 6.34. The van der Waals surface area contributed by atoms with Gasteiger partial charge in [0.1, 0.15) is 0 Å². The fourth-order valence-electron chi connectivity index (χ4n) is 1.20. The van der Waals surface area contributed by atoms with Gasteiger partial charge >= 0.3 is 0 Å². The first kappa shape index (κ1) is 12.7. The third-order valence-electron chi connectivity index (χ3n) is 1.99. The van der Waals surface area contributed by atoms with Crippen LogP contribution in [-0.2, 0) is 0 Å². The van der Waals surface area contributed by atoms with Crippen LogP contribution in [0.4, 0.5) is 0 Å². The van der Waals surface area contributed by atoms with Crippen molar-refractivity contribution in [3.05, 3.63) is 35.9 Å². The Bertz CT molecular complexity index is 274. The highest BCUT2D eigenvalue weighted by molar-refractivity contribution is 5.17. The van der Waals surface area contributed by atoms with Gasteiger partial charge in [0, 0.05) is 19.0 Å². The van der Waals surface area contributed by atoms with E-state index in [0.717, 1.165) is 6.54 Å². The van der Waals surface area contributed by atoms with E-state index in [0.29, 0.717) is 12.5 Å². The number of nitrogens with one attached hydrogen (secondary N) is 1. The summed E-state index contributed by atoms with van der Waals surface area (Å²) in [6.07, 6.45) is 0.567. The Labute approximate surface area is 86.6 Å². The Morgan fingerprint density at radius 3 is 2.57 bits per heavy atom. The molecule has 0 aliphatic rings. The van der Waals surface area contributed by atoms with Crippen LogP contribution < -0.4 is 5.32 Å². The van der Waals surface area contributed by atoms with Gasteiger partial charge in [0.05, 0.1) is 6.07 Å². The van der Waals surface area contributed by atoms with Gasteiger partial charge in [-0.1, -0.05) is 37.8 Å². The zero-order valence-corrected chi connectivity index (χ0v) is 7.83. The molecule has 1 aromatic carbocycles. The standard InChI is InChI=1S/C11H14N2.CH4/c1-10(13-9-5-8-12)11-6-3-2-4-7-11;/h2-4,6-7,10,13H,5,9H2,1H3;1H4. The van der Waals surface area contributed by atoms with Crippen LogP contribution in [0.5, 0.6) is 0 Å². The summed E-state index contributed by atoms with van der Waals surface area (Å²) in [6.45, 7) is 2.86. The number of benzene rings is 1. The SMILES string of the molecule is C.CC(NCCC#N)c1ccccc1. The highest BCUT2D eigenvalue weighted by Gasteiger charge is 2.01. The molecule has 1 unspecified atom stereocenters. The molecule has 0 saturated carbocycles. The van der Waals surface area contributed by atoms with E-state index < -0.39 is 0 Å². The number of hydrogen-bond acceptors (Lipinski definition) is 2. The van der Waals surface area contributed by atoms with Gasteiger partial charge in [0.2, 0.25) is 0 Å². The second kappa shape index (κ2) is 7.11. The van der Waals surface area contributed by atoms with E-state index in [-0.39, 0.29) is 7.43 Å². The summed E-state index contributed by atoms with van der Waals surface area (Å²) in [7, 11) is 0. The van der Waals surface area contributed by atoms with Crippen LogP contribution >= 0.6 is 0 Å². The van der Waals surface area contributed by atoms with Gasteiger partial charge in [-0.05, 0) is 12.5 Å². The maximum atomic E-state index is 8.36. The summed E-state index contributed by atoms with van der Waals surface area (Å²) in [5.74, 6) is 0. The molecule has 0 fully saturated rings. The maximum absolute atomic E-state index is 8.36. The molecule has 0 amide bonds. The van der Waals surface area contributed by atoms with E-state index in [1.165, 1.54) is 5.56 Å². The monoisotopic (exact) mass is 190 g/mol. The van der Waals surface area contributed by atoms with Gasteiger partial charge in [-0.25, -0.2) is 0 Å². The summed E-state index contributed by atoms with van der Waals surface area (Å²) in [4.78, 5) is 0. The van der Waals surface area contributed by atoms with Crippen LogP contribution in [0, 0.1) is 11.3 Å². The van der Waals surface area contributed by atoms with E-state index in [1.807, 2.05) is 18.2 Å². The second-order valence-electron chi connectivity index (χ2n) is 2.99. The smallest absolute Gasteiger partial charge is 0.0635 e. The largest absolute Gasteiger partial charge is 0.309 e. The van der Waals surface area contributed by atoms with Crippen molar-refractivity contribution >= 4 is 0 Å². The first-order valence-corrected chi connectivity index (χ1v) is 4.50. The Morgan fingerprint density at radius 1 is 1.36 bits per heavy atom. The predicted molar refractivity (Wildman–Crippen MR) is 59.8 cm³/mol. The van der Waals surface area contributed by atoms with Gasteiger partial charge in [-0.3, -0.25) is 0 Å². The quantitative estimate of drug-likeness (QED) is 0.741. The van der Waals surface area contributed by atoms with Crippen molar-refractivity contribution in [2.24, 2.45) is 0 Å². The molecule has 0 heterocycles. The molecular weight excluding hydrogens is 172 g/mol. The lowest BCUT2D eigenvalue weighted by molar-refractivity contribution is 0.583. The molecule has 1 N–H and O–H groups in total. The van der Waals surface area contributed by atoms with Gasteiger partial charge in [0.25, 0.3) is 0 Å². The minimum Gasteiger partial charge on any atom is -0.309 e. The molecule has 14 heavy (non-hydrogen) atoms. The van der Waals surface area contributed by atoms with Gasteiger partial charge < -0.3 is 5.32 Å². The summed E-state index contributed by atoms with van der Waals surface area (Å²) >= 11 is 0. The molecule has 2 nitrogen and oxygen atoms in total. The molecule has 1 aromatic rings. The van der Waals surface area contributed by atoms with Crippen LogP contribution in [0.1, 0.15) is 32.4 Å². The zero-order chi connectivity index (χ0) is 9.52. The molecule has 0 saturated heterocycles. The maximum Gasteiger partial charge on any atom is 0.0635 e. The average Bonchev–Trinajstić information content (AvgIpc) is 2.19. The Morgan fingerprint density at radius 2 is 2.00 bits per heavy atom. The van der Waals surface area contributed by atoms with Crippen LogP contribution in [0.15, 0.2) is 30.3 Å². The fourth-order valence-corrected chi connectivity index (χ4v) is 1.20. The summed E-state index contributed by atoms with van der Waals surface area (Å²) in [6, 6.07) is 12.7. The molecule has 0 aliphatic heterocycles. The molecule has 0 aromatic heterocycles. The highest BCUT2D eigenvalue weighted by atomic mass is 14.9. The van der Waals surface area contributed by atoms with Crippen molar-refractivity contribution in [1.29, 1.82) is 5.26 Å². The molecule has 1 atom stereocenters. The molecule has 1 rings (SSSR count). The second-order valence-corrected chi connectivity index (χ2v) is 2.99. The van der Waals surface area contributed by atoms with Crippen LogP contribution in [0.2, 0.25) is 0 Å². The van der Waals surface area contributed by atoms with E-state index in [9.17, 15) is 0 Å². The van der Waals surface area contributed by atoms with E-state index in [2.05, 4.69) is 30.4 Å². The van der Waals surface area contributed by atoms with E-state index >= 15 is 0 Å². The number of nitriles is 1. The molecule has 76 valence electrons. The van der Waals surface area contributed by atoms with Crippen LogP contribution in [0.3, 0.4) is 0 Å². The first-order valence-electron chi connectivity index (χ1n) is 4.50. The molecule has 0 aliphatic carbocycles. The number of nitrogens with zero attached hydrogens (tertiary/aromatic N) is 1. The van der Waals surface area contributed by atoms with Crippen molar-refractivity contribution in [2.75, 3.05) is 6.54 Å². The summed E-state index contributed by atoms with van der Waals surface area (Å²) < 4.78 is 0. The van der Waals surface area contributed by atoms with Crippen molar-refractivity contribution in [2.45, 2.75) is 26.8 Å². The fraction of sp³-hybridized carbons (Fsp3) is 0.417. The normalized spacial score (nSPS) is 11.1. The van der Waals surface area contributed by atoms with Gasteiger partial charge in [-0.15, -0.1) is 0 Å². The molecule has 0 spiro atoms. The third kappa shape index (κ3) is 4.06. The zero-order valence-electron chi connectivity index (χ0n) is 7.83. The number of hydrogen-bond donors (Lipinski definition) is 1. The highest BCUT2D eigenvalue weighted by Crippen LogP contribution is 2.10. The third-order valence-corrected chi connectivity index (χ3v) is 1.99. The van der Waals surface area contributed by atoms with E-state index in [4.69, 9.17) is 5.26 Å². The van der Waals surface area contributed by atoms with Gasteiger partial charge in [-0.2, -0.15) is 5.26 Å². The molecular formula is C12H18N2. The summed E-state index contributed by atoms with van der Waals surface area (Å²) in [5, 5.41) is 11.6. The number of rotatable bonds is 4.